The molecule has 7 heteroatoms. The number of anilines is 1. The highest BCUT2D eigenvalue weighted by molar-refractivity contribution is 5.98. The molecule has 140 valence electrons. The molecule has 0 bridgehead atoms. The predicted molar refractivity (Wildman–Crippen MR) is 100 cm³/mol. The highest BCUT2D eigenvalue weighted by atomic mass is 16.5. The van der Waals surface area contributed by atoms with Crippen LogP contribution in [-0.2, 0) is 20.7 Å². The zero-order chi connectivity index (χ0) is 18.7. The molecule has 2 unspecified atom stereocenters. The van der Waals surface area contributed by atoms with Gasteiger partial charge in [-0.3, -0.25) is 14.6 Å². The number of amides is 1. The van der Waals surface area contributed by atoms with Crippen molar-refractivity contribution in [2.24, 2.45) is 16.8 Å². The molecule has 0 aliphatic carbocycles. The van der Waals surface area contributed by atoms with Gasteiger partial charge in [-0.2, -0.15) is 0 Å². The second-order valence-electron chi connectivity index (χ2n) is 6.84. The first-order valence-corrected chi connectivity index (χ1v) is 8.96. The molecule has 1 aromatic rings. The Labute approximate surface area is 154 Å². The standard InChI is InChI=1S/C19H26N4O3/c1-13-11-22(12-15(13)18(25)26-3)19(20-2)21-10-17(24)23-9-8-14-6-4-5-7-16(14)23/h4-7,13,15H,8-12H2,1-3H3,(H,20,21). The Hall–Kier alpha value is -2.57. The van der Waals surface area contributed by atoms with E-state index in [1.54, 1.807) is 7.05 Å². The average molecular weight is 358 g/mol. The van der Waals surface area contributed by atoms with Crippen molar-refractivity contribution in [1.82, 2.24) is 10.2 Å². The van der Waals surface area contributed by atoms with Gasteiger partial charge in [0.15, 0.2) is 5.96 Å². The lowest BCUT2D eigenvalue weighted by Crippen LogP contribution is -2.46. The fourth-order valence-electron chi connectivity index (χ4n) is 3.78. The average Bonchev–Trinajstić information content (AvgIpc) is 3.25. The van der Waals surface area contributed by atoms with Crippen molar-refractivity contribution in [2.45, 2.75) is 13.3 Å². The van der Waals surface area contributed by atoms with E-state index < -0.39 is 0 Å². The van der Waals surface area contributed by atoms with Crippen LogP contribution in [0.4, 0.5) is 5.69 Å². The van der Waals surface area contributed by atoms with Gasteiger partial charge in [0, 0.05) is 32.4 Å². The van der Waals surface area contributed by atoms with Crippen molar-refractivity contribution in [3.8, 4) is 0 Å². The van der Waals surface area contributed by atoms with Gasteiger partial charge in [-0.15, -0.1) is 0 Å². The summed E-state index contributed by atoms with van der Waals surface area (Å²) >= 11 is 0. The summed E-state index contributed by atoms with van der Waals surface area (Å²) in [5.41, 5.74) is 2.20. The van der Waals surface area contributed by atoms with Crippen LogP contribution in [0.15, 0.2) is 29.3 Å². The van der Waals surface area contributed by atoms with Crippen LogP contribution < -0.4 is 10.2 Å². The largest absolute Gasteiger partial charge is 0.469 e. The molecule has 26 heavy (non-hydrogen) atoms. The number of nitrogens with one attached hydrogen (secondary N) is 1. The van der Waals surface area contributed by atoms with Gasteiger partial charge in [0.05, 0.1) is 19.6 Å². The van der Waals surface area contributed by atoms with E-state index in [2.05, 4.69) is 16.4 Å². The Kier molecular flexibility index (Phi) is 5.44. The minimum absolute atomic E-state index is 0.0212. The maximum Gasteiger partial charge on any atom is 0.310 e. The third kappa shape index (κ3) is 3.52. The Balaban J connectivity index is 1.59. The number of carbonyl (C=O) groups excluding carboxylic acids is 2. The van der Waals surface area contributed by atoms with E-state index in [0.29, 0.717) is 25.6 Å². The molecule has 0 saturated carbocycles. The first kappa shape index (κ1) is 18.2. The topological polar surface area (TPSA) is 74.2 Å². The van der Waals surface area contributed by atoms with Crippen LogP contribution in [0.25, 0.3) is 0 Å². The lowest BCUT2D eigenvalue weighted by atomic mass is 9.99. The van der Waals surface area contributed by atoms with E-state index in [1.165, 1.54) is 12.7 Å². The van der Waals surface area contributed by atoms with Crippen molar-refractivity contribution >= 4 is 23.5 Å². The quantitative estimate of drug-likeness (QED) is 0.494. The molecule has 2 aliphatic heterocycles. The summed E-state index contributed by atoms with van der Waals surface area (Å²) in [5, 5.41) is 3.15. The van der Waals surface area contributed by atoms with Crippen LogP contribution in [0.3, 0.4) is 0 Å². The van der Waals surface area contributed by atoms with Crippen molar-refractivity contribution in [1.29, 1.82) is 0 Å². The Morgan fingerprint density at radius 2 is 2.08 bits per heavy atom. The lowest BCUT2D eigenvalue weighted by Gasteiger charge is -2.23. The number of hydrogen-bond acceptors (Lipinski definition) is 4. The molecule has 1 aromatic carbocycles. The number of guanidine groups is 1. The first-order chi connectivity index (χ1) is 12.5. The molecule has 1 saturated heterocycles. The Bertz CT molecular complexity index is 718. The molecular formula is C19H26N4O3. The van der Waals surface area contributed by atoms with E-state index in [4.69, 9.17) is 4.74 Å². The van der Waals surface area contributed by atoms with Crippen molar-refractivity contribution < 1.29 is 14.3 Å². The third-order valence-corrected chi connectivity index (χ3v) is 5.21. The van der Waals surface area contributed by atoms with Gasteiger partial charge in [-0.25, -0.2) is 0 Å². The summed E-state index contributed by atoms with van der Waals surface area (Å²) in [4.78, 5) is 32.6. The molecule has 1 fully saturated rings. The van der Waals surface area contributed by atoms with E-state index >= 15 is 0 Å². The van der Waals surface area contributed by atoms with Crippen molar-refractivity contribution in [3.63, 3.8) is 0 Å². The fraction of sp³-hybridized carbons (Fsp3) is 0.526. The highest BCUT2D eigenvalue weighted by Crippen LogP contribution is 2.27. The van der Waals surface area contributed by atoms with Crippen LogP contribution >= 0.6 is 0 Å². The van der Waals surface area contributed by atoms with Gasteiger partial charge >= 0.3 is 5.97 Å². The number of methoxy groups -OCH3 is 1. The van der Waals surface area contributed by atoms with Gasteiger partial charge in [0.2, 0.25) is 5.91 Å². The van der Waals surface area contributed by atoms with Gasteiger partial charge in [-0.1, -0.05) is 25.1 Å². The number of esters is 1. The number of rotatable bonds is 3. The van der Waals surface area contributed by atoms with Crippen LogP contribution in [0.5, 0.6) is 0 Å². The molecule has 2 heterocycles. The SMILES string of the molecule is CN=C(NCC(=O)N1CCc2ccccc21)N1CC(C)C(C(=O)OC)C1. The summed E-state index contributed by atoms with van der Waals surface area (Å²) in [5.74, 6) is 0.485. The molecule has 3 rings (SSSR count). The number of para-hydroxylation sites is 1. The number of nitrogens with zero attached hydrogens (tertiary/aromatic N) is 3. The number of likely N-dealkylation sites (tertiary alicyclic amines) is 1. The maximum atomic E-state index is 12.6. The summed E-state index contributed by atoms with van der Waals surface area (Å²) in [7, 11) is 3.10. The van der Waals surface area contributed by atoms with Crippen LogP contribution in [0.1, 0.15) is 12.5 Å². The molecule has 0 aromatic heterocycles. The minimum Gasteiger partial charge on any atom is -0.469 e. The molecule has 1 amide bonds. The Morgan fingerprint density at radius 3 is 2.81 bits per heavy atom. The van der Waals surface area contributed by atoms with Crippen LogP contribution in [0.2, 0.25) is 0 Å². The molecule has 0 spiro atoms. The first-order valence-electron chi connectivity index (χ1n) is 8.96. The second-order valence-corrected chi connectivity index (χ2v) is 6.84. The predicted octanol–water partition coefficient (Wildman–Crippen LogP) is 0.892. The zero-order valence-electron chi connectivity index (χ0n) is 15.6. The minimum atomic E-state index is -0.194. The smallest absolute Gasteiger partial charge is 0.310 e. The second kappa shape index (κ2) is 7.76. The Morgan fingerprint density at radius 1 is 1.31 bits per heavy atom. The van der Waals surface area contributed by atoms with Gasteiger partial charge < -0.3 is 19.9 Å². The fourth-order valence-corrected chi connectivity index (χ4v) is 3.78. The summed E-state index contributed by atoms with van der Waals surface area (Å²) in [6.07, 6.45) is 0.890. The van der Waals surface area contributed by atoms with Crippen molar-refractivity contribution in [3.05, 3.63) is 29.8 Å². The molecular weight excluding hydrogens is 332 g/mol. The number of carbonyl (C=O) groups is 2. The number of benzene rings is 1. The zero-order valence-corrected chi connectivity index (χ0v) is 15.6. The van der Waals surface area contributed by atoms with Crippen molar-refractivity contribution in [2.75, 3.05) is 45.2 Å². The van der Waals surface area contributed by atoms with Crippen LogP contribution in [0, 0.1) is 11.8 Å². The number of ether oxygens (including phenoxy) is 1. The van der Waals surface area contributed by atoms with Gasteiger partial charge in [0.1, 0.15) is 0 Å². The maximum absolute atomic E-state index is 12.6. The van der Waals surface area contributed by atoms with E-state index in [1.807, 2.05) is 34.9 Å². The van der Waals surface area contributed by atoms with Gasteiger partial charge in [-0.05, 0) is 24.0 Å². The third-order valence-electron chi connectivity index (χ3n) is 5.21. The monoisotopic (exact) mass is 358 g/mol. The van der Waals surface area contributed by atoms with E-state index in [-0.39, 0.29) is 30.3 Å². The number of fused-ring (bicyclic) bond motifs is 1. The summed E-state index contributed by atoms with van der Waals surface area (Å²) in [6, 6.07) is 8.00. The molecule has 2 atom stereocenters. The molecule has 0 radical (unpaired) electrons. The molecule has 7 nitrogen and oxygen atoms in total. The molecule has 2 aliphatic rings. The number of aliphatic imine (C=N–C) groups is 1. The van der Waals surface area contributed by atoms with E-state index in [9.17, 15) is 9.59 Å². The normalized spacial score (nSPS) is 22.3. The van der Waals surface area contributed by atoms with E-state index in [0.717, 1.165) is 12.1 Å². The summed E-state index contributed by atoms with van der Waals surface area (Å²) in [6.45, 7) is 4.17. The molecule has 1 N–H and O–H groups in total. The van der Waals surface area contributed by atoms with Gasteiger partial charge in [0.25, 0.3) is 0 Å². The lowest BCUT2D eigenvalue weighted by molar-refractivity contribution is -0.146. The highest BCUT2D eigenvalue weighted by Gasteiger charge is 2.37. The van der Waals surface area contributed by atoms with Crippen LogP contribution in [-0.4, -0.2) is 63.1 Å². The number of hydrogen-bond donors (Lipinski definition) is 1. The summed E-state index contributed by atoms with van der Waals surface area (Å²) < 4.78 is 4.88.